The first-order valence-electron chi connectivity index (χ1n) is 3.21. The van der Waals surface area contributed by atoms with Crippen molar-refractivity contribution < 1.29 is 24.0 Å². The normalized spacial score (nSPS) is 10.2. The Labute approximate surface area is 98.7 Å². The van der Waals surface area contributed by atoms with E-state index in [0.717, 1.165) is 0 Å². The molecule has 0 aromatic rings. The Balaban J connectivity index is -0.000000245. The summed E-state index contributed by atoms with van der Waals surface area (Å²) in [5.74, 6) is 1.53. The van der Waals surface area contributed by atoms with E-state index < -0.39 is 0 Å². The van der Waals surface area contributed by atoms with Crippen LogP contribution in [0.25, 0.3) is 0 Å². The van der Waals surface area contributed by atoms with Gasteiger partial charge in [-0.25, -0.2) is 0 Å². The zero-order valence-electron chi connectivity index (χ0n) is 7.79. The van der Waals surface area contributed by atoms with Gasteiger partial charge in [0.15, 0.2) is 0 Å². The molecule has 0 fully saturated rings. The molecule has 0 N–H and O–H groups in total. The molecule has 2 heteroatoms. The molecule has 0 radical (unpaired) electrons. The van der Waals surface area contributed by atoms with E-state index in [1.165, 1.54) is 12.3 Å². The molecule has 0 atom stereocenters. The Bertz CT molecular complexity index is 64.1. The van der Waals surface area contributed by atoms with Crippen LogP contribution in [-0.2, 0) is 0 Å². The van der Waals surface area contributed by atoms with E-state index in [2.05, 4.69) is 34.6 Å². The van der Waals surface area contributed by atoms with E-state index in [0.29, 0.717) is 5.41 Å². The molecule has 0 rings (SSSR count). The van der Waals surface area contributed by atoms with Crippen LogP contribution in [0.5, 0.6) is 0 Å². The molecule has 0 aliphatic heterocycles. The summed E-state index contributed by atoms with van der Waals surface area (Å²) in [4.78, 5) is 0. The van der Waals surface area contributed by atoms with Crippen LogP contribution in [0.3, 0.4) is 0 Å². The third-order valence-electron chi connectivity index (χ3n) is 0.884. The number of rotatable bonds is 1. The van der Waals surface area contributed by atoms with Gasteiger partial charge in [0.05, 0.1) is 0 Å². The van der Waals surface area contributed by atoms with Gasteiger partial charge < -0.3 is 29.9 Å². The first-order valence-corrected chi connectivity index (χ1v) is 3.21. The Morgan fingerprint density at radius 2 is 1.40 bits per heavy atom. The van der Waals surface area contributed by atoms with Crippen molar-refractivity contribution in [3.8, 4) is 0 Å². The van der Waals surface area contributed by atoms with E-state index in [4.69, 9.17) is 0 Å². The summed E-state index contributed by atoms with van der Waals surface area (Å²) >= 11 is 0. The van der Waals surface area contributed by atoms with Gasteiger partial charge in [0.2, 0.25) is 0 Å². The van der Waals surface area contributed by atoms with Gasteiger partial charge in [-0.3, -0.25) is 0 Å². The minimum Gasteiger partial charge on any atom is -1.00 e. The molecule has 0 aliphatic rings. The second-order valence-corrected chi connectivity index (χ2v) is 3.94. The van der Waals surface area contributed by atoms with Crippen LogP contribution in [0, 0.1) is 11.3 Å². The Hall–Kier alpha value is 1.50. The average molecular weight is 264 g/mol. The molecular formula is C8H17IMg. The van der Waals surface area contributed by atoms with Gasteiger partial charge in [-0.1, -0.05) is 26.2 Å². The fraction of sp³-hybridized carbons (Fsp3) is 0.875. The largest absolute Gasteiger partial charge is 2.00 e. The summed E-state index contributed by atoms with van der Waals surface area (Å²) in [7, 11) is 0. The van der Waals surface area contributed by atoms with Crippen molar-refractivity contribution in [2.75, 3.05) is 0 Å². The Kier molecular flexibility index (Phi) is 12.6. The molecule has 0 heterocycles. The van der Waals surface area contributed by atoms with Gasteiger partial charge in [-0.05, 0) is 0 Å². The number of hydrogen-bond donors (Lipinski definition) is 0. The van der Waals surface area contributed by atoms with Crippen molar-refractivity contribution in [2.45, 2.75) is 41.0 Å². The molecular weight excluding hydrogens is 247 g/mol. The zero-order chi connectivity index (χ0) is 6.78. The molecule has 0 aromatic heterocycles. The second kappa shape index (κ2) is 7.16. The van der Waals surface area contributed by atoms with E-state index in [-0.39, 0.29) is 47.0 Å². The van der Waals surface area contributed by atoms with Crippen LogP contribution in [0.4, 0.5) is 0 Å². The minimum absolute atomic E-state index is 0. The maximum Gasteiger partial charge on any atom is 2.00 e. The van der Waals surface area contributed by atoms with Crippen LogP contribution in [0.2, 0.25) is 0 Å². The molecule has 0 nitrogen and oxygen atoms in total. The summed E-state index contributed by atoms with van der Waals surface area (Å²) in [6, 6.07) is 0. The van der Waals surface area contributed by atoms with E-state index in [1.807, 2.05) is 0 Å². The summed E-state index contributed by atoms with van der Waals surface area (Å²) in [6.07, 6.45) is 1.24. The van der Waals surface area contributed by atoms with Crippen molar-refractivity contribution in [3.63, 3.8) is 0 Å². The zero-order valence-corrected chi connectivity index (χ0v) is 11.4. The fourth-order valence-electron chi connectivity index (χ4n) is 1.06. The van der Waals surface area contributed by atoms with Crippen LogP contribution in [0.15, 0.2) is 0 Å². The third kappa shape index (κ3) is 16.2. The molecule has 0 unspecified atom stereocenters. The Morgan fingerprint density at radius 3 is 1.40 bits per heavy atom. The van der Waals surface area contributed by atoms with Gasteiger partial charge in [-0.15, -0.1) is 0 Å². The molecule has 10 heavy (non-hydrogen) atoms. The van der Waals surface area contributed by atoms with E-state index in [1.54, 1.807) is 0 Å². The van der Waals surface area contributed by atoms with Crippen molar-refractivity contribution >= 4 is 23.1 Å². The predicted octanol–water partition coefficient (Wildman–Crippen LogP) is -0.340. The molecule has 58 valence electrons. The molecule has 0 bridgehead atoms. The van der Waals surface area contributed by atoms with Crippen molar-refractivity contribution in [1.29, 1.82) is 0 Å². The van der Waals surface area contributed by atoms with Gasteiger partial charge in [-0.2, -0.15) is 20.3 Å². The van der Waals surface area contributed by atoms with Gasteiger partial charge in [0, 0.05) is 0 Å². The molecule has 0 spiro atoms. The standard InChI is InChI=1S/C8H17.HI.Mg/c1-7(2)6-8(3,4)5;;/h6H2,1-5H3;1H;/q-1;;+2/p-1. The quantitative estimate of drug-likeness (QED) is 0.345. The van der Waals surface area contributed by atoms with Crippen LogP contribution < -0.4 is 24.0 Å². The second-order valence-electron chi connectivity index (χ2n) is 3.94. The van der Waals surface area contributed by atoms with Gasteiger partial charge >= 0.3 is 23.1 Å². The van der Waals surface area contributed by atoms with Crippen LogP contribution in [-0.4, -0.2) is 23.1 Å². The summed E-state index contributed by atoms with van der Waals surface area (Å²) < 4.78 is 0. The maximum atomic E-state index is 2.26. The van der Waals surface area contributed by atoms with Crippen molar-refractivity contribution in [2.24, 2.45) is 5.41 Å². The monoisotopic (exact) mass is 264 g/mol. The number of halogens is 1. The minimum atomic E-state index is 0. The van der Waals surface area contributed by atoms with Gasteiger partial charge in [0.1, 0.15) is 0 Å². The first kappa shape index (κ1) is 17.5. The van der Waals surface area contributed by atoms with Crippen LogP contribution >= 0.6 is 0 Å². The Morgan fingerprint density at radius 1 is 1.10 bits per heavy atom. The summed E-state index contributed by atoms with van der Waals surface area (Å²) in [5, 5.41) is 0. The summed E-state index contributed by atoms with van der Waals surface area (Å²) in [6.45, 7) is 11.2. The first-order chi connectivity index (χ1) is 3.42. The molecule has 0 saturated heterocycles. The SMILES string of the molecule is C[C-](C)CC(C)(C)C.[I-].[Mg+2]. The smallest absolute Gasteiger partial charge is 1.00 e. The van der Waals surface area contributed by atoms with Gasteiger partial charge in [0.25, 0.3) is 0 Å². The fourth-order valence-corrected chi connectivity index (χ4v) is 1.06. The van der Waals surface area contributed by atoms with E-state index in [9.17, 15) is 0 Å². The predicted molar refractivity (Wildman–Crippen MR) is 44.4 cm³/mol. The number of hydrogen-bond acceptors (Lipinski definition) is 0. The molecule has 0 aromatic carbocycles. The summed E-state index contributed by atoms with van der Waals surface area (Å²) in [5.41, 5.74) is 0.485. The van der Waals surface area contributed by atoms with Crippen LogP contribution in [0.1, 0.15) is 41.0 Å². The molecule has 0 aliphatic carbocycles. The van der Waals surface area contributed by atoms with E-state index >= 15 is 0 Å². The maximum absolute atomic E-state index is 2.26. The van der Waals surface area contributed by atoms with Crippen molar-refractivity contribution in [1.82, 2.24) is 0 Å². The molecule has 0 saturated carbocycles. The topological polar surface area (TPSA) is 0 Å². The molecule has 0 amide bonds. The van der Waals surface area contributed by atoms with Crippen molar-refractivity contribution in [3.05, 3.63) is 5.92 Å². The average Bonchev–Trinajstić information content (AvgIpc) is 1.21. The third-order valence-corrected chi connectivity index (χ3v) is 0.884.